The number of amides is 1. The van der Waals surface area contributed by atoms with Crippen molar-refractivity contribution in [3.63, 3.8) is 0 Å². The molecular weight excluding hydrogens is 364 g/mol. The minimum Gasteiger partial charge on any atom is -0.493 e. The van der Waals surface area contributed by atoms with Gasteiger partial charge in [0.15, 0.2) is 11.5 Å². The van der Waals surface area contributed by atoms with Gasteiger partial charge in [-0.2, -0.15) is 0 Å². The van der Waals surface area contributed by atoms with Crippen molar-refractivity contribution < 1.29 is 28.8 Å². The van der Waals surface area contributed by atoms with Crippen molar-refractivity contribution in [3.8, 4) is 11.5 Å². The first kappa shape index (κ1) is 20.7. The van der Waals surface area contributed by atoms with E-state index in [2.05, 4.69) is 5.32 Å². The summed E-state index contributed by atoms with van der Waals surface area (Å²) in [5.74, 6) is 0.794. The number of methoxy groups -OCH3 is 1. The standard InChI is InChI=1S/C17H24N2O6.ClH/c1-22-13-4-3-10(7-14(13)23-6-2-5-18)17(21)19-11-8-24-16-12(20)9-25-15(11)16;/h3-4,7,11-12,15-16,20H,2,5-6,8-9,18H2,1H3,(H,19,21);1H/t11-,12+,15+,16+;/m0./s1. The first-order chi connectivity index (χ1) is 12.1. The number of carbonyl (C=O) groups is 1. The fourth-order valence-corrected chi connectivity index (χ4v) is 3.05. The van der Waals surface area contributed by atoms with Crippen LogP contribution in [0.2, 0.25) is 0 Å². The Morgan fingerprint density at radius 1 is 1.31 bits per heavy atom. The first-order valence-corrected chi connectivity index (χ1v) is 8.37. The molecule has 3 rings (SSSR count). The lowest BCUT2D eigenvalue weighted by Gasteiger charge is -2.18. The fourth-order valence-electron chi connectivity index (χ4n) is 3.05. The molecule has 1 aromatic rings. The van der Waals surface area contributed by atoms with Crippen LogP contribution >= 0.6 is 12.4 Å². The van der Waals surface area contributed by atoms with Gasteiger partial charge in [0.1, 0.15) is 18.3 Å². The van der Waals surface area contributed by atoms with Crippen molar-refractivity contribution in [2.24, 2.45) is 5.73 Å². The Kier molecular flexibility index (Phi) is 7.48. The molecule has 0 aliphatic carbocycles. The smallest absolute Gasteiger partial charge is 0.251 e. The molecular formula is C17H25ClN2O6. The van der Waals surface area contributed by atoms with Crippen molar-refractivity contribution >= 4 is 18.3 Å². The number of nitrogens with one attached hydrogen (secondary N) is 1. The largest absolute Gasteiger partial charge is 0.493 e. The molecule has 1 amide bonds. The Labute approximate surface area is 158 Å². The zero-order valence-corrected chi connectivity index (χ0v) is 15.4. The number of ether oxygens (including phenoxy) is 4. The Bertz CT molecular complexity index is 617. The van der Waals surface area contributed by atoms with Gasteiger partial charge in [-0.25, -0.2) is 0 Å². The van der Waals surface area contributed by atoms with E-state index in [1.165, 1.54) is 0 Å². The number of carbonyl (C=O) groups excluding carboxylic acids is 1. The molecule has 2 heterocycles. The average Bonchev–Trinajstić information content (AvgIpc) is 3.18. The molecule has 0 radical (unpaired) electrons. The third-order valence-electron chi connectivity index (χ3n) is 4.38. The summed E-state index contributed by atoms with van der Waals surface area (Å²) < 4.78 is 21.9. The van der Waals surface area contributed by atoms with E-state index >= 15 is 0 Å². The Morgan fingerprint density at radius 2 is 2.08 bits per heavy atom. The van der Waals surface area contributed by atoms with Crippen LogP contribution in [-0.4, -0.2) is 68.8 Å². The highest BCUT2D eigenvalue weighted by Gasteiger charge is 2.47. The molecule has 1 aromatic carbocycles. The van der Waals surface area contributed by atoms with Gasteiger partial charge in [-0.05, 0) is 31.2 Å². The van der Waals surface area contributed by atoms with Crippen molar-refractivity contribution in [1.82, 2.24) is 5.32 Å². The second-order valence-corrected chi connectivity index (χ2v) is 6.10. The molecule has 0 bridgehead atoms. The van der Waals surface area contributed by atoms with Crippen molar-refractivity contribution in [2.45, 2.75) is 30.8 Å². The summed E-state index contributed by atoms with van der Waals surface area (Å²) >= 11 is 0. The number of hydrogen-bond donors (Lipinski definition) is 3. The number of halogens is 1. The van der Waals surface area contributed by atoms with Crippen LogP contribution in [0.15, 0.2) is 18.2 Å². The Morgan fingerprint density at radius 3 is 2.81 bits per heavy atom. The molecule has 8 nitrogen and oxygen atoms in total. The van der Waals surface area contributed by atoms with Crippen LogP contribution in [0.5, 0.6) is 11.5 Å². The van der Waals surface area contributed by atoms with Crippen LogP contribution in [0.4, 0.5) is 0 Å². The number of benzene rings is 1. The van der Waals surface area contributed by atoms with E-state index < -0.39 is 6.10 Å². The van der Waals surface area contributed by atoms with Crippen LogP contribution in [-0.2, 0) is 9.47 Å². The lowest BCUT2D eigenvalue weighted by Crippen LogP contribution is -2.44. The summed E-state index contributed by atoms with van der Waals surface area (Å²) in [6, 6.07) is 4.71. The van der Waals surface area contributed by atoms with E-state index in [9.17, 15) is 9.90 Å². The third kappa shape index (κ3) is 4.39. The predicted octanol–water partition coefficient (Wildman–Crippen LogP) is 0.102. The normalized spacial score (nSPS) is 26.7. The van der Waals surface area contributed by atoms with E-state index in [-0.39, 0.29) is 43.2 Å². The van der Waals surface area contributed by atoms with Crippen LogP contribution in [0.3, 0.4) is 0 Å². The summed E-state index contributed by atoms with van der Waals surface area (Å²) in [5.41, 5.74) is 5.92. The van der Waals surface area contributed by atoms with Crippen LogP contribution in [0.25, 0.3) is 0 Å². The minimum atomic E-state index is -0.643. The summed E-state index contributed by atoms with van der Waals surface area (Å²) in [4.78, 5) is 12.6. The van der Waals surface area contributed by atoms with Gasteiger partial charge < -0.3 is 35.1 Å². The van der Waals surface area contributed by atoms with Gasteiger partial charge in [0.05, 0.1) is 33.0 Å². The van der Waals surface area contributed by atoms with Gasteiger partial charge in [0.25, 0.3) is 5.91 Å². The number of nitrogens with two attached hydrogens (primary N) is 1. The average molecular weight is 389 g/mol. The molecule has 0 aromatic heterocycles. The summed E-state index contributed by atoms with van der Waals surface area (Å²) in [6.45, 7) is 1.51. The molecule has 0 unspecified atom stereocenters. The monoisotopic (exact) mass is 388 g/mol. The van der Waals surface area contributed by atoms with Gasteiger partial charge >= 0.3 is 0 Å². The Hall–Kier alpha value is -1.58. The lowest BCUT2D eigenvalue weighted by molar-refractivity contribution is 0.0178. The SMILES string of the molecule is COc1ccc(C(=O)N[C@H]2CO[C@H]3[C@@H]2OC[C@H]3O)cc1OCCCN.Cl. The van der Waals surface area contributed by atoms with Crippen molar-refractivity contribution in [2.75, 3.05) is 33.5 Å². The first-order valence-electron chi connectivity index (χ1n) is 8.37. The maximum atomic E-state index is 12.6. The third-order valence-corrected chi connectivity index (χ3v) is 4.38. The van der Waals surface area contributed by atoms with Crippen molar-refractivity contribution in [3.05, 3.63) is 23.8 Å². The second-order valence-electron chi connectivity index (χ2n) is 6.10. The van der Waals surface area contributed by atoms with Gasteiger partial charge in [-0.15, -0.1) is 12.4 Å². The van der Waals surface area contributed by atoms with E-state index in [1.54, 1.807) is 25.3 Å². The topological polar surface area (TPSA) is 112 Å². The molecule has 4 N–H and O–H groups in total. The van der Waals surface area contributed by atoms with Gasteiger partial charge in [-0.3, -0.25) is 4.79 Å². The predicted molar refractivity (Wildman–Crippen MR) is 96.1 cm³/mol. The van der Waals surface area contributed by atoms with Gasteiger partial charge in [0.2, 0.25) is 0 Å². The van der Waals surface area contributed by atoms with E-state index in [0.717, 1.165) is 0 Å². The number of hydrogen-bond acceptors (Lipinski definition) is 7. The van der Waals surface area contributed by atoms with E-state index in [4.69, 9.17) is 24.7 Å². The maximum Gasteiger partial charge on any atom is 0.251 e. The van der Waals surface area contributed by atoms with E-state index in [0.29, 0.717) is 43.2 Å². The molecule has 0 spiro atoms. The molecule has 2 saturated heterocycles. The number of fused-ring (bicyclic) bond motifs is 1. The zero-order chi connectivity index (χ0) is 17.8. The molecule has 9 heteroatoms. The maximum absolute atomic E-state index is 12.6. The van der Waals surface area contributed by atoms with Gasteiger partial charge in [0, 0.05) is 5.56 Å². The molecule has 0 saturated carbocycles. The van der Waals surface area contributed by atoms with Gasteiger partial charge in [-0.1, -0.05) is 0 Å². The minimum absolute atomic E-state index is 0. The van der Waals surface area contributed by atoms with Crippen molar-refractivity contribution in [1.29, 1.82) is 0 Å². The highest BCUT2D eigenvalue weighted by Crippen LogP contribution is 2.29. The van der Waals surface area contributed by atoms with Crippen LogP contribution in [0.1, 0.15) is 16.8 Å². The number of aliphatic hydroxyl groups excluding tert-OH is 1. The quantitative estimate of drug-likeness (QED) is 0.568. The van der Waals surface area contributed by atoms with E-state index in [1.807, 2.05) is 0 Å². The second kappa shape index (κ2) is 9.38. The van der Waals surface area contributed by atoms with Crippen LogP contribution < -0.4 is 20.5 Å². The molecule has 146 valence electrons. The summed E-state index contributed by atoms with van der Waals surface area (Å²) in [6.07, 6.45) is -0.633. The highest BCUT2D eigenvalue weighted by atomic mass is 35.5. The highest BCUT2D eigenvalue weighted by molar-refractivity contribution is 5.95. The molecule has 2 aliphatic heterocycles. The number of aliphatic hydroxyl groups is 1. The molecule has 2 aliphatic rings. The summed E-state index contributed by atoms with van der Waals surface area (Å²) in [7, 11) is 1.55. The summed E-state index contributed by atoms with van der Waals surface area (Å²) in [5, 5.41) is 12.7. The Balaban J connectivity index is 0.00000243. The molecule has 4 atom stereocenters. The fraction of sp³-hybridized carbons (Fsp3) is 0.588. The number of rotatable bonds is 7. The lowest BCUT2D eigenvalue weighted by atomic mass is 10.1. The molecule has 26 heavy (non-hydrogen) atoms. The van der Waals surface area contributed by atoms with Crippen LogP contribution in [0, 0.1) is 0 Å². The zero-order valence-electron chi connectivity index (χ0n) is 14.6. The molecule has 2 fully saturated rings.